The molecule has 0 unspecified atom stereocenters. The van der Waals surface area contributed by atoms with Crippen LogP contribution in [0, 0.1) is 5.92 Å². The van der Waals surface area contributed by atoms with Crippen molar-refractivity contribution in [2.24, 2.45) is 17.4 Å². The summed E-state index contributed by atoms with van der Waals surface area (Å²) >= 11 is 1.47. The van der Waals surface area contributed by atoms with Crippen molar-refractivity contribution < 1.29 is 9.59 Å². The Morgan fingerprint density at radius 3 is 2.63 bits per heavy atom. The van der Waals surface area contributed by atoms with Crippen molar-refractivity contribution in [1.82, 2.24) is 9.88 Å². The number of aromatic nitrogens is 1. The van der Waals surface area contributed by atoms with Crippen LogP contribution in [0.3, 0.4) is 0 Å². The zero-order chi connectivity index (χ0) is 13.8. The molecule has 0 spiro atoms. The highest BCUT2D eigenvalue weighted by atomic mass is 32.1. The molecule has 0 bridgehead atoms. The van der Waals surface area contributed by atoms with Crippen LogP contribution in [0.15, 0.2) is 5.38 Å². The first kappa shape index (κ1) is 14.0. The highest BCUT2D eigenvalue weighted by Gasteiger charge is 2.26. The van der Waals surface area contributed by atoms with Gasteiger partial charge in [-0.15, -0.1) is 11.3 Å². The molecule has 0 radical (unpaired) electrons. The molecular weight excluding hydrogens is 264 g/mol. The topological polar surface area (TPSA) is 102 Å². The fraction of sp³-hybridized carbons (Fsp3) is 0.583. The van der Waals surface area contributed by atoms with Crippen LogP contribution in [0.1, 0.15) is 23.5 Å². The lowest BCUT2D eigenvalue weighted by Gasteiger charge is -2.30. The van der Waals surface area contributed by atoms with E-state index >= 15 is 0 Å². The first-order chi connectivity index (χ1) is 9.10. The van der Waals surface area contributed by atoms with Crippen LogP contribution in [0.25, 0.3) is 0 Å². The van der Waals surface area contributed by atoms with Gasteiger partial charge in [-0.1, -0.05) is 0 Å². The first-order valence-corrected chi connectivity index (χ1v) is 7.18. The number of nitrogens with two attached hydrogens (primary N) is 2. The van der Waals surface area contributed by atoms with Crippen LogP contribution in [-0.2, 0) is 22.6 Å². The summed E-state index contributed by atoms with van der Waals surface area (Å²) in [7, 11) is 0. The van der Waals surface area contributed by atoms with E-state index in [1.54, 1.807) is 4.90 Å². The number of primary amides is 1. The van der Waals surface area contributed by atoms with Crippen LogP contribution in [0.4, 0.5) is 0 Å². The van der Waals surface area contributed by atoms with E-state index in [1.165, 1.54) is 11.3 Å². The number of likely N-dealkylation sites (tertiary alicyclic amines) is 1. The molecule has 0 saturated carbocycles. The Morgan fingerprint density at radius 1 is 1.42 bits per heavy atom. The van der Waals surface area contributed by atoms with E-state index in [4.69, 9.17) is 11.5 Å². The molecule has 1 aromatic rings. The lowest BCUT2D eigenvalue weighted by atomic mass is 9.96. The summed E-state index contributed by atoms with van der Waals surface area (Å²) in [6.45, 7) is 1.60. The van der Waals surface area contributed by atoms with Crippen molar-refractivity contribution in [3.63, 3.8) is 0 Å². The van der Waals surface area contributed by atoms with Crippen LogP contribution in [0.2, 0.25) is 0 Å². The average molecular weight is 282 g/mol. The molecule has 1 saturated heterocycles. The molecular formula is C12H18N4O2S. The molecule has 6 nitrogen and oxygen atoms in total. The van der Waals surface area contributed by atoms with E-state index in [9.17, 15) is 9.59 Å². The second-order valence-electron chi connectivity index (χ2n) is 4.67. The zero-order valence-corrected chi connectivity index (χ0v) is 11.5. The summed E-state index contributed by atoms with van der Waals surface area (Å²) in [4.78, 5) is 29.2. The van der Waals surface area contributed by atoms with Crippen molar-refractivity contribution in [1.29, 1.82) is 0 Å². The van der Waals surface area contributed by atoms with Gasteiger partial charge in [0.05, 0.1) is 12.1 Å². The SMILES string of the molecule is NCc1nc(CC(=O)N2CCC(C(N)=O)CC2)cs1. The standard InChI is InChI=1S/C12H18N4O2S/c13-6-10-15-9(7-19-10)5-11(17)16-3-1-8(2-4-16)12(14)18/h7-8H,1-6,13H2,(H2,14,18). The Balaban J connectivity index is 1.86. The van der Waals surface area contributed by atoms with E-state index in [0.717, 1.165) is 10.7 Å². The normalized spacial score (nSPS) is 16.6. The fourth-order valence-corrected chi connectivity index (χ4v) is 2.88. The van der Waals surface area contributed by atoms with Gasteiger partial charge in [-0.3, -0.25) is 9.59 Å². The van der Waals surface area contributed by atoms with Gasteiger partial charge < -0.3 is 16.4 Å². The number of hydrogen-bond acceptors (Lipinski definition) is 5. The molecule has 104 valence electrons. The number of thiazole rings is 1. The zero-order valence-electron chi connectivity index (χ0n) is 10.7. The van der Waals surface area contributed by atoms with Gasteiger partial charge in [0, 0.05) is 30.9 Å². The Hall–Kier alpha value is -1.47. The molecule has 1 aliphatic heterocycles. The highest BCUT2D eigenvalue weighted by Crippen LogP contribution is 2.18. The van der Waals surface area contributed by atoms with Crippen LogP contribution in [0.5, 0.6) is 0 Å². The monoisotopic (exact) mass is 282 g/mol. The molecule has 1 fully saturated rings. The number of carbonyl (C=O) groups is 2. The molecule has 2 amide bonds. The molecule has 0 atom stereocenters. The number of hydrogen-bond donors (Lipinski definition) is 2. The lowest BCUT2D eigenvalue weighted by molar-refractivity contribution is -0.134. The molecule has 1 aromatic heterocycles. The third kappa shape index (κ3) is 3.51. The van der Waals surface area contributed by atoms with Crippen LogP contribution in [-0.4, -0.2) is 34.8 Å². The van der Waals surface area contributed by atoms with Gasteiger partial charge in [0.1, 0.15) is 5.01 Å². The van der Waals surface area contributed by atoms with Crippen molar-refractivity contribution in [3.8, 4) is 0 Å². The Labute approximate surface area is 115 Å². The molecule has 1 aliphatic rings. The molecule has 2 heterocycles. The summed E-state index contributed by atoms with van der Waals surface area (Å²) in [6.07, 6.45) is 1.62. The molecule has 19 heavy (non-hydrogen) atoms. The Morgan fingerprint density at radius 2 is 2.11 bits per heavy atom. The minimum Gasteiger partial charge on any atom is -0.369 e. The number of amides is 2. The summed E-state index contributed by atoms with van der Waals surface area (Å²) in [5, 5.41) is 2.71. The number of carbonyl (C=O) groups excluding carboxylic acids is 2. The van der Waals surface area contributed by atoms with Gasteiger partial charge in [0.2, 0.25) is 11.8 Å². The molecule has 0 aliphatic carbocycles. The summed E-state index contributed by atoms with van der Waals surface area (Å²) in [6, 6.07) is 0. The summed E-state index contributed by atoms with van der Waals surface area (Å²) in [5.41, 5.74) is 11.5. The second-order valence-corrected chi connectivity index (χ2v) is 5.61. The lowest BCUT2D eigenvalue weighted by Crippen LogP contribution is -2.42. The molecule has 4 N–H and O–H groups in total. The van der Waals surface area contributed by atoms with Gasteiger partial charge in [-0.05, 0) is 12.8 Å². The third-order valence-corrected chi connectivity index (χ3v) is 4.28. The highest BCUT2D eigenvalue weighted by molar-refractivity contribution is 7.09. The predicted molar refractivity (Wildman–Crippen MR) is 72.2 cm³/mol. The fourth-order valence-electron chi connectivity index (χ4n) is 2.20. The first-order valence-electron chi connectivity index (χ1n) is 6.30. The van der Waals surface area contributed by atoms with E-state index in [-0.39, 0.29) is 17.7 Å². The van der Waals surface area contributed by atoms with Crippen molar-refractivity contribution in [2.75, 3.05) is 13.1 Å². The second kappa shape index (κ2) is 6.12. The van der Waals surface area contributed by atoms with Crippen molar-refractivity contribution >= 4 is 23.2 Å². The van der Waals surface area contributed by atoms with E-state index in [1.807, 2.05) is 5.38 Å². The number of rotatable bonds is 4. The van der Waals surface area contributed by atoms with Gasteiger partial charge >= 0.3 is 0 Å². The minimum absolute atomic E-state index is 0.0526. The summed E-state index contributed by atoms with van der Waals surface area (Å²) < 4.78 is 0. The smallest absolute Gasteiger partial charge is 0.228 e. The largest absolute Gasteiger partial charge is 0.369 e. The third-order valence-electron chi connectivity index (χ3n) is 3.36. The van der Waals surface area contributed by atoms with Gasteiger partial charge in [0.15, 0.2) is 0 Å². The van der Waals surface area contributed by atoms with Crippen molar-refractivity contribution in [2.45, 2.75) is 25.8 Å². The number of piperidine rings is 1. The quantitative estimate of drug-likeness (QED) is 0.803. The van der Waals surface area contributed by atoms with Crippen LogP contribution >= 0.6 is 11.3 Å². The minimum atomic E-state index is -0.265. The van der Waals surface area contributed by atoms with Gasteiger partial charge in [-0.25, -0.2) is 4.98 Å². The van der Waals surface area contributed by atoms with E-state index in [2.05, 4.69) is 4.98 Å². The Kier molecular flexibility index (Phi) is 4.49. The van der Waals surface area contributed by atoms with E-state index in [0.29, 0.717) is 38.9 Å². The van der Waals surface area contributed by atoms with Gasteiger partial charge in [-0.2, -0.15) is 0 Å². The molecule has 7 heteroatoms. The van der Waals surface area contributed by atoms with Crippen LogP contribution < -0.4 is 11.5 Å². The maximum Gasteiger partial charge on any atom is 0.228 e. The van der Waals surface area contributed by atoms with Crippen molar-refractivity contribution in [3.05, 3.63) is 16.1 Å². The maximum absolute atomic E-state index is 12.1. The average Bonchev–Trinajstić information content (AvgIpc) is 2.86. The Bertz CT molecular complexity index is 466. The number of nitrogens with zero attached hydrogens (tertiary/aromatic N) is 2. The predicted octanol–water partition coefficient (Wildman–Crippen LogP) is -0.132. The molecule has 0 aromatic carbocycles. The summed E-state index contributed by atoms with van der Waals surface area (Å²) in [5.74, 6) is -0.303. The molecule has 2 rings (SSSR count). The maximum atomic E-state index is 12.1. The van der Waals surface area contributed by atoms with Gasteiger partial charge in [0.25, 0.3) is 0 Å². The van der Waals surface area contributed by atoms with E-state index < -0.39 is 0 Å².